The molecule has 5 nitrogen and oxygen atoms in total. The van der Waals surface area contributed by atoms with Crippen molar-refractivity contribution in [3.8, 4) is 0 Å². The van der Waals surface area contributed by atoms with Crippen molar-refractivity contribution in [1.82, 2.24) is 4.31 Å². The van der Waals surface area contributed by atoms with Crippen molar-refractivity contribution in [2.45, 2.75) is 11.8 Å². The van der Waals surface area contributed by atoms with Gasteiger partial charge in [0.2, 0.25) is 10.0 Å². The Hall–Kier alpha value is -0.760. The minimum atomic E-state index is -3.23. The summed E-state index contributed by atoms with van der Waals surface area (Å²) in [5.41, 5.74) is 6.49. The number of nitrogens with two attached hydrogens (primary N) is 1. The molecule has 2 N–H and O–H groups in total. The van der Waals surface area contributed by atoms with Gasteiger partial charge in [0.05, 0.1) is 12.4 Å². The lowest BCUT2D eigenvalue weighted by Gasteiger charge is -2.16. The average molecular weight is 318 g/mol. The first-order valence-corrected chi connectivity index (χ1v) is 9.06. The van der Waals surface area contributed by atoms with E-state index in [0.717, 1.165) is 4.90 Å². The quantitative estimate of drug-likeness (QED) is 0.426. The smallest absolute Gasteiger partial charge is 0.214 e. The number of ether oxygens (including phenoxy) is 1. The van der Waals surface area contributed by atoms with Crippen LogP contribution in [0, 0.1) is 0 Å². The van der Waals surface area contributed by atoms with Crippen molar-refractivity contribution in [2.75, 3.05) is 44.0 Å². The van der Waals surface area contributed by atoms with Crippen LogP contribution in [0.15, 0.2) is 29.2 Å². The topological polar surface area (TPSA) is 72.6 Å². The zero-order chi connectivity index (χ0) is 15.0. The lowest BCUT2D eigenvalue weighted by Crippen LogP contribution is -2.32. The van der Waals surface area contributed by atoms with Gasteiger partial charge in [-0.1, -0.05) is 12.1 Å². The maximum atomic E-state index is 12.0. The SMILES string of the molecule is CCOCCN(C)S(=O)(=O)CCSc1ccccc1N. The van der Waals surface area contributed by atoms with E-state index >= 15 is 0 Å². The molecule has 1 rings (SSSR count). The number of nitrogens with zero attached hydrogens (tertiary/aromatic N) is 1. The summed E-state index contributed by atoms with van der Waals surface area (Å²) >= 11 is 1.46. The van der Waals surface area contributed by atoms with Gasteiger partial charge in [-0.05, 0) is 19.1 Å². The van der Waals surface area contributed by atoms with Crippen LogP contribution in [-0.2, 0) is 14.8 Å². The predicted molar refractivity (Wildman–Crippen MR) is 84.5 cm³/mol. The largest absolute Gasteiger partial charge is 0.398 e. The average Bonchev–Trinajstić information content (AvgIpc) is 2.41. The van der Waals surface area contributed by atoms with E-state index in [-0.39, 0.29) is 5.75 Å². The fourth-order valence-electron chi connectivity index (χ4n) is 1.50. The lowest BCUT2D eigenvalue weighted by atomic mass is 10.3. The number of likely N-dealkylation sites (N-methyl/N-ethyl adjacent to an activating group) is 1. The van der Waals surface area contributed by atoms with Crippen molar-refractivity contribution in [3.05, 3.63) is 24.3 Å². The van der Waals surface area contributed by atoms with Gasteiger partial charge in [0.1, 0.15) is 0 Å². The third kappa shape index (κ3) is 5.70. The molecule has 1 aromatic carbocycles. The molecule has 114 valence electrons. The highest BCUT2D eigenvalue weighted by Gasteiger charge is 2.17. The second-order valence-electron chi connectivity index (χ2n) is 4.22. The molecule has 0 radical (unpaired) electrons. The van der Waals surface area contributed by atoms with Crippen LogP contribution >= 0.6 is 11.8 Å². The van der Waals surface area contributed by atoms with Crippen LogP contribution in [-0.4, -0.2) is 51.0 Å². The lowest BCUT2D eigenvalue weighted by molar-refractivity contribution is 0.138. The molecule has 0 amide bonds. The Kier molecular flexibility index (Phi) is 7.36. The summed E-state index contributed by atoms with van der Waals surface area (Å²) < 4.78 is 30.6. The Balaban J connectivity index is 2.41. The molecule has 0 aliphatic heterocycles. The number of rotatable bonds is 9. The maximum absolute atomic E-state index is 12.0. The van der Waals surface area contributed by atoms with E-state index in [0.29, 0.717) is 31.2 Å². The molecule has 0 heterocycles. The number of benzene rings is 1. The van der Waals surface area contributed by atoms with Gasteiger partial charge in [-0.15, -0.1) is 11.8 Å². The number of thioether (sulfide) groups is 1. The van der Waals surface area contributed by atoms with Gasteiger partial charge < -0.3 is 10.5 Å². The van der Waals surface area contributed by atoms with Crippen LogP contribution in [0.4, 0.5) is 5.69 Å². The van der Waals surface area contributed by atoms with Crippen molar-refractivity contribution < 1.29 is 13.2 Å². The van der Waals surface area contributed by atoms with Crippen LogP contribution in [0.1, 0.15) is 6.92 Å². The fraction of sp³-hybridized carbons (Fsp3) is 0.538. The summed E-state index contributed by atoms with van der Waals surface area (Å²) in [6, 6.07) is 7.45. The molecule has 0 saturated carbocycles. The summed E-state index contributed by atoms with van der Waals surface area (Å²) in [5, 5.41) is 0. The highest BCUT2D eigenvalue weighted by atomic mass is 32.2. The van der Waals surface area contributed by atoms with Crippen molar-refractivity contribution in [1.29, 1.82) is 0 Å². The first-order chi connectivity index (χ1) is 9.47. The molecule has 0 aromatic heterocycles. The Labute approximate surface area is 125 Å². The standard InChI is InChI=1S/C13H22N2O3S2/c1-3-18-9-8-15(2)20(16,17)11-10-19-13-7-5-4-6-12(13)14/h4-7H,3,8-11,14H2,1-2H3. The third-order valence-corrected chi connectivity index (χ3v) is 5.95. The number of nitrogen functional groups attached to an aromatic ring is 1. The van der Waals surface area contributed by atoms with E-state index in [4.69, 9.17) is 10.5 Å². The van der Waals surface area contributed by atoms with Gasteiger partial charge in [-0.2, -0.15) is 0 Å². The van der Waals surface area contributed by atoms with Crippen LogP contribution in [0.2, 0.25) is 0 Å². The van der Waals surface area contributed by atoms with E-state index in [2.05, 4.69) is 0 Å². The number of anilines is 1. The molecule has 0 unspecified atom stereocenters. The Bertz CT molecular complexity index is 506. The van der Waals surface area contributed by atoms with Crippen molar-refractivity contribution >= 4 is 27.5 Å². The first-order valence-electron chi connectivity index (χ1n) is 6.46. The molecule has 20 heavy (non-hydrogen) atoms. The molecule has 1 aromatic rings. The zero-order valence-electron chi connectivity index (χ0n) is 11.9. The summed E-state index contributed by atoms with van der Waals surface area (Å²) in [7, 11) is -1.65. The summed E-state index contributed by atoms with van der Waals surface area (Å²) in [6.07, 6.45) is 0. The zero-order valence-corrected chi connectivity index (χ0v) is 13.5. The molecule has 0 atom stereocenters. The summed E-state index contributed by atoms with van der Waals surface area (Å²) in [5.74, 6) is 0.574. The second-order valence-corrected chi connectivity index (χ2v) is 7.55. The van der Waals surface area contributed by atoms with Gasteiger partial charge in [-0.3, -0.25) is 0 Å². The van der Waals surface area contributed by atoms with E-state index in [1.54, 1.807) is 7.05 Å². The highest BCUT2D eigenvalue weighted by Crippen LogP contribution is 2.24. The Morgan fingerprint density at radius 3 is 2.70 bits per heavy atom. The highest BCUT2D eigenvalue weighted by molar-refractivity contribution is 8.00. The molecular formula is C13H22N2O3S2. The summed E-state index contributed by atoms with van der Waals surface area (Å²) in [4.78, 5) is 0.916. The number of hydrogen-bond donors (Lipinski definition) is 1. The molecule has 0 saturated heterocycles. The van der Waals surface area contributed by atoms with Crippen molar-refractivity contribution in [3.63, 3.8) is 0 Å². The predicted octanol–water partition coefficient (Wildman–Crippen LogP) is 1.66. The van der Waals surface area contributed by atoms with Gasteiger partial charge in [0, 0.05) is 36.5 Å². The minimum Gasteiger partial charge on any atom is -0.398 e. The molecule has 7 heteroatoms. The van der Waals surface area contributed by atoms with E-state index < -0.39 is 10.0 Å². The monoisotopic (exact) mass is 318 g/mol. The van der Waals surface area contributed by atoms with Crippen LogP contribution in [0.3, 0.4) is 0 Å². The number of para-hydroxylation sites is 1. The fourth-order valence-corrected chi connectivity index (χ4v) is 3.97. The van der Waals surface area contributed by atoms with Gasteiger partial charge in [0.15, 0.2) is 0 Å². The third-order valence-electron chi connectivity index (χ3n) is 2.75. The number of hydrogen-bond acceptors (Lipinski definition) is 5. The molecule has 0 aliphatic rings. The minimum absolute atomic E-state index is 0.0919. The number of sulfonamides is 1. The molecule has 0 spiro atoms. The molecule has 0 fully saturated rings. The van der Waals surface area contributed by atoms with Crippen LogP contribution < -0.4 is 5.73 Å². The van der Waals surface area contributed by atoms with Crippen LogP contribution in [0.25, 0.3) is 0 Å². The Morgan fingerprint density at radius 1 is 1.35 bits per heavy atom. The molecule has 0 aliphatic carbocycles. The van der Waals surface area contributed by atoms with Gasteiger partial charge >= 0.3 is 0 Å². The van der Waals surface area contributed by atoms with E-state index in [9.17, 15) is 8.42 Å². The summed E-state index contributed by atoms with van der Waals surface area (Å²) in [6.45, 7) is 3.28. The second kappa shape index (κ2) is 8.51. The van der Waals surface area contributed by atoms with Gasteiger partial charge in [0.25, 0.3) is 0 Å². The molecular weight excluding hydrogens is 296 g/mol. The van der Waals surface area contributed by atoms with Gasteiger partial charge in [-0.25, -0.2) is 12.7 Å². The van der Waals surface area contributed by atoms with E-state index in [1.807, 2.05) is 31.2 Å². The first kappa shape index (κ1) is 17.3. The van der Waals surface area contributed by atoms with Crippen LogP contribution in [0.5, 0.6) is 0 Å². The maximum Gasteiger partial charge on any atom is 0.214 e. The van der Waals surface area contributed by atoms with E-state index in [1.165, 1.54) is 16.1 Å². The Morgan fingerprint density at radius 2 is 2.05 bits per heavy atom. The normalized spacial score (nSPS) is 11.9. The molecule has 0 bridgehead atoms. The van der Waals surface area contributed by atoms with Crippen molar-refractivity contribution in [2.24, 2.45) is 0 Å².